The van der Waals surface area contributed by atoms with Gasteiger partial charge in [-0.05, 0) is 51.7 Å². The number of unbranched alkanes of at least 4 members (excludes halogenated alkanes) is 1. The van der Waals surface area contributed by atoms with Gasteiger partial charge >= 0.3 is 5.97 Å². The van der Waals surface area contributed by atoms with Crippen LogP contribution >= 0.6 is 0 Å². The molecule has 7 nitrogen and oxygen atoms in total. The monoisotopic (exact) mass is 443 g/mol. The molecular weight excluding hydrogens is 414 g/mol. The number of tetrazole rings is 1. The van der Waals surface area contributed by atoms with Crippen LogP contribution in [0.2, 0.25) is 0 Å². The van der Waals surface area contributed by atoms with Crippen LogP contribution in [0.5, 0.6) is 0 Å². The summed E-state index contributed by atoms with van der Waals surface area (Å²) in [5.41, 5.74) is 3.00. The summed E-state index contributed by atoms with van der Waals surface area (Å²) in [5, 5.41) is 28.0. The summed E-state index contributed by atoms with van der Waals surface area (Å²) >= 11 is 0. The summed E-state index contributed by atoms with van der Waals surface area (Å²) in [6.07, 6.45) is 1.93. The Morgan fingerprint density at radius 3 is 2.61 bits per heavy atom. The molecule has 4 aromatic rings. The fourth-order valence-electron chi connectivity index (χ4n) is 4.13. The van der Waals surface area contributed by atoms with Crippen molar-refractivity contribution in [1.82, 2.24) is 25.5 Å². The van der Waals surface area contributed by atoms with Gasteiger partial charge in [0.05, 0.1) is 12.5 Å². The highest BCUT2D eigenvalue weighted by molar-refractivity contribution is 5.83. The first-order valence-corrected chi connectivity index (χ1v) is 11.3. The third-order valence-corrected chi connectivity index (χ3v) is 5.84. The second kappa shape index (κ2) is 10.4. The second-order valence-corrected chi connectivity index (χ2v) is 8.38. The molecule has 0 saturated heterocycles. The average molecular weight is 444 g/mol. The Kier molecular flexibility index (Phi) is 7.10. The third-order valence-electron chi connectivity index (χ3n) is 5.84. The predicted octanol–water partition coefficient (Wildman–Crippen LogP) is 4.83. The van der Waals surface area contributed by atoms with Crippen LogP contribution in [0.15, 0.2) is 66.7 Å². The Morgan fingerprint density at radius 2 is 1.85 bits per heavy atom. The molecule has 7 heteroatoms. The van der Waals surface area contributed by atoms with Crippen molar-refractivity contribution in [3.63, 3.8) is 0 Å². The number of carbonyl (C=O) groups is 1. The van der Waals surface area contributed by atoms with Gasteiger partial charge in [0, 0.05) is 12.6 Å². The van der Waals surface area contributed by atoms with Gasteiger partial charge < -0.3 is 5.11 Å². The molecule has 3 aromatic carbocycles. The number of hydrogen-bond donors (Lipinski definition) is 2. The van der Waals surface area contributed by atoms with Crippen molar-refractivity contribution in [2.75, 3.05) is 0 Å². The molecule has 0 aliphatic heterocycles. The van der Waals surface area contributed by atoms with Gasteiger partial charge in [0.2, 0.25) is 0 Å². The number of benzene rings is 3. The molecule has 0 amide bonds. The second-order valence-electron chi connectivity index (χ2n) is 8.38. The Morgan fingerprint density at radius 1 is 1.03 bits per heavy atom. The average Bonchev–Trinajstić information content (AvgIpc) is 3.28. The van der Waals surface area contributed by atoms with Crippen molar-refractivity contribution in [2.24, 2.45) is 0 Å². The topological polar surface area (TPSA) is 92.9 Å². The summed E-state index contributed by atoms with van der Waals surface area (Å²) in [4.78, 5) is 11.8. The highest BCUT2D eigenvalue weighted by atomic mass is 16.4. The first-order valence-electron chi connectivity index (χ1n) is 11.3. The lowest BCUT2D eigenvalue weighted by Gasteiger charge is -2.26. The number of fused-ring (bicyclic) bond motifs is 1. The molecular formula is C26H29N5O2. The summed E-state index contributed by atoms with van der Waals surface area (Å²) in [6, 6.07) is 21.6. The zero-order chi connectivity index (χ0) is 23.2. The quantitative estimate of drug-likeness (QED) is 0.365. The Hall–Kier alpha value is -3.58. The molecule has 2 unspecified atom stereocenters. The van der Waals surface area contributed by atoms with Crippen molar-refractivity contribution in [1.29, 1.82) is 0 Å². The molecule has 0 saturated carbocycles. The minimum Gasteiger partial charge on any atom is -0.481 e. The van der Waals surface area contributed by atoms with Gasteiger partial charge in [-0.25, -0.2) is 4.68 Å². The van der Waals surface area contributed by atoms with Crippen LogP contribution in [0.1, 0.15) is 60.8 Å². The van der Waals surface area contributed by atoms with E-state index in [1.807, 2.05) is 48.0 Å². The smallest absolute Gasteiger partial charge is 0.305 e. The molecule has 1 heterocycles. The minimum atomic E-state index is -0.864. The lowest BCUT2D eigenvalue weighted by Crippen LogP contribution is -2.31. The van der Waals surface area contributed by atoms with Crippen LogP contribution < -0.4 is 5.32 Å². The number of aryl methyl sites for hydroxylation is 2. The number of nitrogens with zero attached hydrogens (tertiary/aromatic N) is 4. The van der Waals surface area contributed by atoms with E-state index >= 15 is 0 Å². The summed E-state index contributed by atoms with van der Waals surface area (Å²) in [6.45, 7) is 4.84. The molecule has 33 heavy (non-hydrogen) atoms. The van der Waals surface area contributed by atoms with Crippen molar-refractivity contribution in [3.05, 3.63) is 89.2 Å². The fourth-order valence-corrected chi connectivity index (χ4v) is 4.13. The standard InChI is InChI=1S/C26H29N5O2/c1-3-4-14-31-26(28-29-30-31)25(22-13-12-19-9-5-6-10-20(19)16-22)27-23(17-24(32)33)21-11-7-8-18(2)15-21/h5-13,15-16,23,25,27H,3-4,14,17H2,1-2H3,(H,32,33). The van der Waals surface area contributed by atoms with E-state index < -0.39 is 12.0 Å². The number of nitrogens with one attached hydrogen (secondary N) is 1. The maximum atomic E-state index is 11.8. The van der Waals surface area contributed by atoms with Gasteiger partial charge in [-0.15, -0.1) is 5.10 Å². The number of aliphatic carboxylic acids is 1. The number of carboxylic acids is 1. The molecule has 1 aromatic heterocycles. The molecule has 0 aliphatic rings. The van der Waals surface area contributed by atoms with E-state index in [1.54, 1.807) is 0 Å². The lowest BCUT2D eigenvalue weighted by atomic mass is 9.97. The van der Waals surface area contributed by atoms with Gasteiger partial charge in [0.1, 0.15) is 0 Å². The molecule has 0 spiro atoms. The molecule has 2 atom stereocenters. The van der Waals surface area contributed by atoms with Gasteiger partial charge in [-0.3, -0.25) is 10.1 Å². The Labute approximate surface area is 193 Å². The summed E-state index contributed by atoms with van der Waals surface area (Å²) in [5.74, 6) is -0.182. The van der Waals surface area contributed by atoms with E-state index in [9.17, 15) is 9.90 Å². The highest BCUT2D eigenvalue weighted by Gasteiger charge is 2.27. The van der Waals surface area contributed by atoms with Crippen molar-refractivity contribution >= 4 is 16.7 Å². The van der Waals surface area contributed by atoms with Gasteiger partial charge in [0.15, 0.2) is 5.82 Å². The van der Waals surface area contributed by atoms with Gasteiger partial charge in [-0.2, -0.15) is 0 Å². The van der Waals surface area contributed by atoms with E-state index in [0.29, 0.717) is 12.4 Å². The predicted molar refractivity (Wildman–Crippen MR) is 128 cm³/mol. The van der Waals surface area contributed by atoms with E-state index in [1.165, 1.54) is 0 Å². The van der Waals surface area contributed by atoms with Crippen molar-refractivity contribution < 1.29 is 9.90 Å². The third kappa shape index (κ3) is 5.43. The fraction of sp³-hybridized carbons (Fsp3) is 0.308. The van der Waals surface area contributed by atoms with Crippen LogP contribution in [0, 0.1) is 6.92 Å². The van der Waals surface area contributed by atoms with Crippen LogP contribution in [-0.4, -0.2) is 31.3 Å². The number of hydrogen-bond acceptors (Lipinski definition) is 5. The van der Waals surface area contributed by atoms with Crippen LogP contribution in [-0.2, 0) is 11.3 Å². The summed E-state index contributed by atoms with van der Waals surface area (Å²) in [7, 11) is 0. The number of rotatable bonds is 10. The molecule has 0 radical (unpaired) electrons. The number of aromatic nitrogens is 4. The van der Waals surface area contributed by atoms with E-state index in [-0.39, 0.29) is 12.5 Å². The SMILES string of the molecule is CCCCn1nnnc1C(NC(CC(=O)O)c1cccc(C)c1)c1ccc2ccccc2c1. The maximum Gasteiger partial charge on any atom is 0.305 e. The van der Waals surface area contributed by atoms with Crippen molar-refractivity contribution in [2.45, 2.75) is 51.7 Å². The Bertz CT molecular complexity index is 1240. The maximum absolute atomic E-state index is 11.8. The zero-order valence-electron chi connectivity index (χ0n) is 19.0. The first-order chi connectivity index (χ1) is 16.0. The van der Waals surface area contributed by atoms with E-state index in [0.717, 1.165) is 40.3 Å². The minimum absolute atomic E-state index is 0.0515. The zero-order valence-corrected chi connectivity index (χ0v) is 19.0. The summed E-state index contributed by atoms with van der Waals surface area (Å²) < 4.78 is 1.82. The lowest BCUT2D eigenvalue weighted by molar-refractivity contribution is -0.137. The number of carboxylic acid groups (broad SMARTS) is 1. The van der Waals surface area contributed by atoms with Crippen LogP contribution in [0.25, 0.3) is 10.8 Å². The van der Waals surface area contributed by atoms with E-state index in [4.69, 9.17) is 0 Å². The molecule has 4 rings (SSSR count). The molecule has 0 bridgehead atoms. The van der Waals surface area contributed by atoms with Gasteiger partial charge in [0.25, 0.3) is 0 Å². The molecule has 0 fully saturated rings. The van der Waals surface area contributed by atoms with Gasteiger partial charge in [-0.1, -0.05) is 79.6 Å². The first kappa shape index (κ1) is 22.6. The largest absolute Gasteiger partial charge is 0.481 e. The highest BCUT2D eigenvalue weighted by Crippen LogP contribution is 2.29. The Balaban J connectivity index is 1.78. The van der Waals surface area contributed by atoms with Crippen LogP contribution in [0.4, 0.5) is 0 Å². The van der Waals surface area contributed by atoms with Crippen LogP contribution in [0.3, 0.4) is 0 Å². The molecule has 170 valence electrons. The normalized spacial score (nSPS) is 13.2. The molecule has 0 aliphatic carbocycles. The molecule has 2 N–H and O–H groups in total. The van der Waals surface area contributed by atoms with E-state index in [2.05, 4.69) is 58.1 Å². The van der Waals surface area contributed by atoms with Crippen molar-refractivity contribution in [3.8, 4) is 0 Å².